The predicted molar refractivity (Wildman–Crippen MR) is 116 cm³/mol. The van der Waals surface area contributed by atoms with Gasteiger partial charge in [0.25, 0.3) is 0 Å². The molecule has 1 saturated carbocycles. The third-order valence-electron chi connectivity index (χ3n) is 4.96. The van der Waals surface area contributed by atoms with Crippen molar-refractivity contribution in [3.8, 4) is 0 Å². The molecule has 27 heavy (non-hydrogen) atoms. The standard InChI is InChI=1S/C17H29N5O3S.HI/c1-3-5-14-12-16(14)19-17(18-4-2)21-7-9-22(10-8-21)26(23,24)13-15-6-11-25-20-15;/h6,11,14,16H,3-5,7-10,12-13H2,1-2H3,(H,18,19);1H. The Bertz CT molecular complexity index is 702. The second kappa shape index (κ2) is 10.1. The van der Waals surface area contributed by atoms with Gasteiger partial charge in [0.05, 0.1) is 5.69 Å². The van der Waals surface area contributed by atoms with Crippen LogP contribution in [-0.4, -0.2) is 67.5 Å². The minimum atomic E-state index is -3.37. The SMILES string of the molecule is CCCC1CC1NC(=NCC)N1CCN(S(=O)(=O)Cc2ccon2)CC1.I. The third-order valence-corrected chi connectivity index (χ3v) is 6.77. The van der Waals surface area contributed by atoms with Gasteiger partial charge in [-0.2, -0.15) is 4.31 Å². The molecule has 0 radical (unpaired) electrons. The van der Waals surface area contributed by atoms with E-state index in [-0.39, 0.29) is 29.7 Å². The van der Waals surface area contributed by atoms with Crippen LogP contribution in [0, 0.1) is 5.92 Å². The molecule has 2 unspecified atom stereocenters. The highest BCUT2D eigenvalue weighted by Gasteiger charge is 2.38. The van der Waals surface area contributed by atoms with Gasteiger partial charge in [0.2, 0.25) is 10.0 Å². The molecular weight excluding hydrogens is 481 g/mol. The fourth-order valence-corrected chi connectivity index (χ4v) is 4.86. The van der Waals surface area contributed by atoms with Gasteiger partial charge < -0.3 is 14.7 Å². The number of nitrogens with one attached hydrogen (secondary N) is 1. The first kappa shape index (κ1) is 22.4. The number of piperazine rings is 1. The lowest BCUT2D eigenvalue weighted by atomic mass is 10.2. The Morgan fingerprint density at radius 2 is 2.07 bits per heavy atom. The second-order valence-electron chi connectivity index (χ2n) is 6.97. The first-order valence-electron chi connectivity index (χ1n) is 9.46. The van der Waals surface area contributed by atoms with E-state index in [1.165, 1.54) is 25.5 Å². The molecule has 0 amide bonds. The molecule has 1 aromatic heterocycles. The van der Waals surface area contributed by atoms with Crippen molar-refractivity contribution in [1.82, 2.24) is 19.7 Å². The Kier molecular flexibility index (Phi) is 8.35. The molecule has 1 saturated heterocycles. The van der Waals surface area contributed by atoms with Crippen LogP contribution >= 0.6 is 24.0 Å². The van der Waals surface area contributed by atoms with E-state index in [0.717, 1.165) is 18.4 Å². The first-order chi connectivity index (χ1) is 12.5. The Morgan fingerprint density at radius 1 is 1.33 bits per heavy atom. The topological polar surface area (TPSA) is 91.0 Å². The highest BCUT2D eigenvalue weighted by Crippen LogP contribution is 2.34. The van der Waals surface area contributed by atoms with Crippen molar-refractivity contribution in [1.29, 1.82) is 0 Å². The lowest BCUT2D eigenvalue weighted by molar-refractivity contribution is 0.259. The zero-order valence-corrected chi connectivity index (χ0v) is 19.2. The number of halogens is 1. The summed E-state index contributed by atoms with van der Waals surface area (Å²) in [6.45, 7) is 7.19. The number of hydrogen-bond acceptors (Lipinski definition) is 5. The second-order valence-corrected chi connectivity index (χ2v) is 8.94. The number of guanidine groups is 1. The monoisotopic (exact) mass is 511 g/mol. The van der Waals surface area contributed by atoms with Crippen molar-refractivity contribution < 1.29 is 12.9 Å². The van der Waals surface area contributed by atoms with Crippen LogP contribution in [0.25, 0.3) is 0 Å². The van der Waals surface area contributed by atoms with Crippen LogP contribution in [0.4, 0.5) is 0 Å². The van der Waals surface area contributed by atoms with Gasteiger partial charge in [-0.05, 0) is 25.7 Å². The summed E-state index contributed by atoms with van der Waals surface area (Å²) in [5.41, 5.74) is 0.443. The molecule has 1 aliphatic heterocycles. The molecule has 2 atom stereocenters. The lowest BCUT2D eigenvalue weighted by Crippen LogP contribution is -2.54. The zero-order chi connectivity index (χ0) is 18.6. The molecule has 2 aliphatic rings. The van der Waals surface area contributed by atoms with Crippen LogP contribution in [0.2, 0.25) is 0 Å². The largest absolute Gasteiger partial charge is 0.364 e. The van der Waals surface area contributed by atoms with E-state index < -0.39 is 10.0 Å². The summed E-state index contributed by atoms with van der Waals surface area (Å²) in [5, 5.41) is 7.28. The van der Waals surface area contributed by atoms with E-state index in [2.05, 4.69) is 27.3 Å². The summed E-state index contributed by atoms with van der Waals surface area (Å²) in [6.07, 6.45) is 5.07. The van der Waals surface area contributed by atoms with Crippen molar-refractivity contribution in [2.45, 2.75) is 44.9 Å². The number of hydrogen-bond donors (Lipinski definition) is 1. The third kappa shape index (κ3) is 6.05. The van der Waals surface area contributed by atoms with Gasteiger partial charge >= 0.3 is 0 Å². The molecule has 1 aliphatic carbocycles. The molecule has 154 valence electrons. The van der Waals surface area contributed by atoms with Gasteiger partial charge in [0.1, 0.15) is 12.0 Å². The van der Waals surface area contributed by atoms with Crippen molar-refractivity contribution in [2.24, 2.45) is 10.9 Å². The molecule has 3 rings (SSSR count). The summed E-state index contributed by atoms with van der Waals surface area (Å²) in [7, 11) is -3.37. The van der Waals surface area contributed by atoms with Gasteiger partial charge in [-0.1, -0.05) is 18.5 Å². The van der Waals surface area contributed by atoms with E-state index in [4.69, 9.17) is 4.52 Å². The average molecular weight is 511 g/mol. The highest BCUT2D eigenvalue weighted by molar-refractivity contribution is 14.0. The van der Waals surface area contributed by atoms with Gasteiger partial charge in [-0.3, -0.25) is 4.99 Å². The number of aliphatic imine (C=N–C) groups is 1. The van der Waals surface area contributed by atoms with Crippen molar-refractivity contribution in [3.05, 3.63) is 18.0 Å². The molecule has 0 bridgehead atoms. The zero-order valence-electron chi connectivity index (χ0n) is 16.0. The molecule has 1 N–H and O–H groups in total. The van der Waals surface area contributed by atoms with Gasteiger partial charge in [-0.15, -0.1) is 24.0 Å². The summed E-state index contributed by atoms with van der Waals surface area (Å²) in [5.74, 6) is 1.56. The summed E-state index contributed by atoms with van der Waals surface area (Å²) >= 11 is 0. The van der Waals surface area contributed by atoms with Crippen LogP contribution in [0.1, 0.15) is 38.8 Å². The van der Waals surface area contributed by atoms with Crippen LogP contribution in [0.5, 0.6) is 0 Å². The fraction of sp³-hybridized carbons (Fsp3) is 0.765. The number of nitrogens with zero attached hydrogens (tertiary/aromatic N) is 4. The van der Waals surface area contributed by atoms with Gasteiger partial charge in [0, 0.05) is 44.8 Å². The average Bonchev–Trinajstić information content (AvgIpc) is 3.14. The predicted octanol–water partition coefficient (Wildman–Crippen LogP) is 1.89. The van der Waals surface area contributed by atoms with E-state index in [0.29, 0.717) is 37.9 Å². The first-order valence-corrected chi connectivity index (χ1v) is 11.1. The normalized spacial score (nSPS) is 23.8. The maximum Gasteiger partial charge on any atom is 0.220 e. The Hall–Kier alpha value is -0.880. The minimum absolute atomic E-state index is 0. The van der Waals surface area contributed by atoms with E-state index in [9.17, 15) is 8.42 Å². The van der Waals surface area contributed by atoms with E-state index >= 15 is 0 Å². The summed E-state index contributed by atoms with van der Waals surface area (Å²) in [4.78, 5) is 6.79. The van der Waals surface area contributed by atoms with Crippen LogP contribution < -0.4 is 5.32 Å². The summed E-state index contributed by atoms with van der Waals surface area (Å²) in [6, 6.07) is 2.11. The molecular formula is C17H30IN5O3S. The maximum absolute atomic E-state index is 12.5. The van der Waals surface area contributed by atoms with Crippen molar-refractivity contribution in [2.75, 3.05) is 32.7 Å². The maximum atomic E-state index is 12.5. The van der Waals surface area contributed by atoms with Crippen LogP contribution in [0.3, 0.4) is 0 Å². The minimum Gasteiger partial charge on any atom is -0.364 e. The molecule has 0 aromatic carbocycles. The van der Waals surface area contributed by atoms with Gasteiger partial charge in [-0.25, -0.2) is 8.42 Å². The number of sulfonamides is 1. The number of aromatic nitrogens is 1. The molecule has 0 spiro atoms. The molecule has 10 heteroatoms. The molecule has 8 nitrogen and oxygen atoms in total. The van der Waals surface area contributed by atoms with Crippen molar-refractivity contribution in [3.63, 3.8) is 0 Å². The van der Waals surface area contributed by atoms with Crippen molar-refractivity contribution >= 4 is 40.0 Å². The quantitative estimate of drug-likeness (QED) is 0.342. The van der Waals surface area contributed by atoms with Gasteiger partial charge in [0.15, 0.2) is 5.96 Å². The molecule has 2 heterocycles. The van der Waals surface area contributed by atoms with Crippen LogP contribution in [-0.2, 0) is 15.8 Å². The molecule has 1 aromatic rings. The van der Waals surface area contributed by atoms with E-state index in [1.54, 1.807) is 10.4 Å². The molecule has 2 fully saturated rings. The highest BCUT2D eigenvalue weighted by atomic mass is 127. The smallest absolute Gasteiger partial charge is 0.220 e. The Morgan fingerprint density at radius 3 is 2.67 bits per heavy atom. The van der Waals surface area contributed by atoms with Crippen LogP contribution in [0.15, 0.2) is 21.8 Å². The Labute approximate surface area is 178 Å². The fourth-order valence-electron chi connectivity index (χ4n) is 3.43. The summed E-state index contributed by atoms with van der Waals surface area (Å²) < 4.78 is 31.3. The number of rotatable bonds is 7. The lowest BCUT2D eigenvalue weighted by Gasteiger charge is -2.36. The van der Waals surface area contributed by atoms with E-state index in [1.807, 2.05) is 6.92 Å². The Balaban J connectivity index is 0.00000261.